The first-order chi connectivity index (χ1) is 8.11. The molecule has 0 spiro atoms. The van der Waals surface area contributed by atoms with Crippen LogP contribution in [0.4, 0.5) is 11.4 Å². The molecule has 0 saturated carbocycles. The SMILES string of the molecule is COc1ccc(N)c(N2CCC(O)C(C)C2)c1. The van der Waals surface area contributed by atoms with Gasteiger partial charge in [0.05, 0.1) is 24.6 Å². The molecule has 17 heavy (non-hydrogen) atoms. The lowest BCUT2D eigenvalue weighted by Crippen LogP contribution is -2.42. The molecule has 1 saturated heterocycles. The van der Waals surface area contributed by atoms with Crippen LogP contribution in [0.1, 0.15) is 13.3 Å². The first-order valence-electron chi connectivity index (χ1n) is 5.98. The molecule has 4 heteroatoms. The summed E-state index contributed by atoms with van der Waals surface area (Å²) in [4.78, 5) is 2.22. The van der Waals surface area contributed by atoms with Crippen LogP contribution in [0.5, 0.6) is 5.75 Å². The van der Waals surface area contributed by atoms with Crippen molar-refractivity contribution in [1.82, 2.24) is 0 Å². The minimum Gasteiger partial charge on any atom is -0.497 e. The number of ether oxygens (including phenoxy) is 1. The average Bonchev–Trinajstić information content (AvgIpc) is 2.33. The van der Waals surface area contributed by atoms with E-state index in [1.807, 2.05) is 18.2 Å². The van der Waals surface area contributed by atoms with Gasteiger partial charge in [0, 0.05) is 19.2 Å². The zero-order valence-corrected chi connectivity index (χ0v) is 10.4. The largest absolute Gasteiger partial charge is 0.497 e. The highest BCUT2D eigenvalue weighted by Crippen LogP contribution is 2.31. The van der Waals surface area contributed by atoms with Gasteiger partial charge in [0.25, 0.3) is 0 Å². The third-order valence-electron chi connectivity index (χ3n) is 3.44. The lowest BCUT2D eigenvalue weighted by Gasteiger charge is -2.36. The van der Waals surface area contributed by atoms with Gasteiger partial charge in [0.2, 0.25) is 0 Å². The van der Waals surface area contributed by atoms with Crippen LogP contribution in [0, 0.1) is 5.92 Å². The van der Waals surface area contributed by atoms with E-state index in [2.05, 4.69) is 11.8 Å². The third-order valence-corrected chi connectivity index (χ3v) is 3.44. The predicted molar refractivity (Wildman–Crippen MR) is 69.4 cm³/mol. The van der Waals surface area contributed by atoms with Gasteiger partial charge in [0.15, 0.2) is 0 Å². The fourth-order valence-electron chi connectivity index (χ4n) is 2.28. The predicted octanol–water partition coefficient (Wildman–Crippen LogP) is 1.48. The number of nitrogen functional groups attached to an aromatic ring is 1. The Labute approximate surface area is 102 Å². The average molecular weight is 236 g/mol. The molecular formula is C13H20N2O2. The molecule has 1 aliphatic rings. The molecule has 3 N–H and O–H groups in total. The molecule has 0 radical (unpaired) electrons. The number of nitrogens with two attached hydrogens (primary N) is 1. The molecule has 0 amide bonds. The van der Waals surface area contributed by atoms with Crippen molar-refractivity contribution in [2.24, 2.45) is 5.92 Å². The highest BCUT2D eigenvalue weighted by molar-refractivity contribution is 5.69. The summed E-state index contributed by atoms with van der Waals surface area (Å²) in [6, 6.07) is 5.69. The van der Waals surface area contributed by atoms with Crippen LogP contribution < -0.4 is 15.4 Å². The smallest absolute Gasteiger partial charge is 0.121 e. The van der Waals surface area contributed by atoms with E-state index < -0.39 is 0 Å². The Morgan fingerprint density at radius 3 is 2.88 bits per heavy atom. The topological polar surface area (TPSA) is 58.7 Å². The maximum Gasteiger partial charge on any atom is 0.121 e. The summed E-state index contributed by atoms with van der Waals surface area (Å²) in [6.07, 6.45) is 0.593. The number of benzene rings is 1. The molecule has 0 aliphatic carbocycles. The first-order valence-corrected chi connectivity index (χ1v) is 5.98. The van der Waals surface area contributed by atoms with E-state index in [9.17, 15) is 5.11 Å². The van der Waals surface area contributed by atoms with Crippen molar-refractivity contribution in [3.8, 4) is 5.75 Å². The van der Waals surface area contributed by atoms with Gasteiger partial charge in [-0.1, -0.05) is 6.92 Å². The minimum atomic E-state index is -0.196. The van der Waals surface area contributed by atoms with Gasteiger partial charge in [-0.2, -0.15) is 0 Å². The Morgan fingerprint density at radius 1 is 1.47 bits per heavy atom. The van der Waals surface area contributed by atoms with Crippen LogP contribution in [0.15, 0.2) is 18.2 Å². The molecule has 94 valence electrons. The number of anilines is 2. The summed E-state index contributed by atoms with van der Waals surface area (Å²) in [5, 5.41) is 9.73. The van der Waals surface area contributed by atoms with E-state index in [-0.39, 0.29) is 12.0 Å². The van der Waals surface area contributed by atoms with Crippen molar-refractivity contribution < 1.29 is 9.84 Å². The molecule has 2 unspecified atom stereocenters. The summed E-state index contributed by atoms with van der Waals surface area (Å²) < 4.78 is 5.22. The monoisotopic (exact) mass is 236 g/mol. The quantitative estimate of drug-likeness (QED) is 0.764. The maximum atomic E-state index is 9.73. The number of hydrogen-bond donors (Lipinski definition) is 2. The first kappa shape index (κ1) is 12.0. The molecule has 1 heterocycles. The summed E-state index contributed by atoms with van der Waals surface area (Å²) in [5.74, 6) is 1.09. The number of hydrogen-bond acceptors (Lipinski definition) is 4. The van der Waals surface area contributed by atoms with Gasteiger partial charge in [0.1, 0.15) is 5.75 Å². The van der Waals surface area contributed by atoms with Gasteiger partial charge in [-0.25, -0.2) is 0 Å². The van der Waals surface area contributed by atoms with Gasteiger partial charge in [-0.05, 0) is 24.5 Å². The fraction of sp³-hybridized carbons (Fsp3) is 0.538. The number of nitrogens with zero attached hydrogens (tertiary/aromatic N) is 1. The molecule has 1 fully saturated rings. The van der Waals surface area contributed by atoms with Crippen LogP contribution in [-0.4, -0.2) is 31.4 Å². The summed E-state index contributed by atoms with van der Waals surface area (Å²) in [6.45, 7) is 3.73. The molecular weight excluding hydrogens is 216 g/mol. The van der Waals surface area contributed by atoms with Gasteiger partial charge >= 0.3 is 0 Å². The Kier molecular flexibility index (Phi) is 3.43. The number of aliphatic hydroxyl groups is 1. The second kappa shape index (κ2) is 4.84. The van der Waals surface area contributed by atoms with Crippen LogP contribution in [0.3, 0.4) is 0 Å². The van der Waals surface area contributed by atoms with E-state index in [0.717, 1.165) is 36.6 Å². The number of aliphatic hydroxyl groups excluding tert-OH is 1. The van der Waals surface area contributed by atoms with Crippen molar-refractivity contribution >= 4 is 11.4 Å². The molecule has 0 bridgehead atoms. The molecule has 1 aromatic carbocycles. The zero-order chi connectivity index (χ0) is 12.4. The fourth-order valence-corrected chi connectivity index (χ4v) is 2.28. The molecule has 4 nitrogen and oxygen atoms in total. The van der Waals surface area contributed by atoms with Gasteiger partial charge < -0.3 is 20.5 Å². The number of piperidine rings is 1. The number of rotatable bonds is 2. The lowest BCUT2D eigenvalue weighted by molar-refractivity contribution is 0.0971. The van der Waals surface area contributed by atoms with Crippen LogP contribution in [-0.2, 0) is 0 Å². The van der Waals surface area contributed by atoms with Gasteiger partial charge in [-0.3, -0.25) is 0 Å². The van der Waals surface area contributed by atoms with E-state index in [0.29, 0.717) is 0 Å². The normalized spacial score (nSPS) is 24.8. The highest BCUT2D eigenvalue weighted by atomic mass is 16.5. The summed E-state index contributed by atoms with van der Waals surface area (Å²) >= 11 is 0. The third kappa shape index (κ3) is 2.47. The molecule has 0 aromatic heterocycles. The van der Waals surface area contributed by atoms with Crippen molar-refractivity contribution in [2.75, 3.05) is 30.8 Å². The Morgan fingerprint density at radius 2 is 2.24 bits per heavy atom. The molecule has 1 aliphatic heterocycles. The summed E-state index contributed by atoms with van der Waals surface area (Å²) in [7, 11) is 1.65. The standard InChI is InChI=1S/C13H20N2O2/c1-9-8-15(6-5-13(9)16)12-7-10(17-2)3-4-11(12)14/h3-4,7,9,13,16H,5-6,8,14H2,1-2H3. The van der Waals surface area contributed by atoms with E-state index in [4.69, 9.17) is 10.5 Å². The molecule has 2 atom stereocenters. The van der Waals surface area contributed by atoms with Crippen LogP contribution >= 0.6 is 0 Å². The Hall–Kier alpha value is -1.42. The summed E-state index contributed by atoms with van der Waals surface area (Å²) in [5.41, 5.74) is 7.76. The Bertz CT molecular complexity index is 395. The molecule has 2 rings (SSSR count). The van der Waals surface area contributed by atoms with Crippen molar-refractivity contribution in [1.29, 1.82) is 0 Å². The highest BCUT2D eigenvalue weighted by Gasteiger charge is 2.25. The van der Waals surface area contributed by atoms with Gasteiger partial charge in [-0.15, -0.1) is 0 Å². The van der Waals surface area contributed by atoms with Crippen molar-refractivity contribution in [3.63, 3.8) is 0 Å². The minimum absolute atomic E-state index is 0.196. The van der Waals surface area contributed by atoms with E-state index >= 15 is 0 Å². The maximum absolute atomic E-state index is 9.73. The lowest BCUT2D eigenvalue weighted by atomic mass is 9.96. The second-order valence-corrected chi connectivity index (χ2v) is 4.70. The van der Waals surface area contributed by atoms with Crippen molar-refractivity contribution in [3.05, 3.63) is 18.2 Å². The van der Waals surface area contributed by atoms with Crippen LogP contribution in [0.2, 0.25) is 0 Å². The Balaban J connectivity index is 2.21. The second-order valence-electron chi connectivity index (χ2n) is 4.70. The molecule has 1 aromatic rings. The zero-order valence-electron chi connectivity index (χ0n) is 10.4. The number of methoxy groups -OCH3 is 1. The van der Waals surface area contributed by atoms with E-state index in [1.165, 1.54) is 0 Å². The van der Waals surface area contributed by atoms with E-state index in [1.54, 1.807) is 7.11 Å². The van der Waals surface area contributed by atoms with Crippen molar-refractivity contribution in [2.45, 2.75) is 19.4 Å². The van der Waals surface area contributed by atoms with Crippen LogP contribution in [0.25, 0.3) is 0 Å².